The summed E-state index contributed by atoms with van der Waals surface area (Å²) in [4.78, 5) is 12.2. The number of nitrogens with two attached hydrogens (primary N) is 1. The molecule has 126 valence electrons. The second-order valence-electron chi connectivity index (χ2n) is 5.40. The number of carbonyl (C=O) groups is 1. The maximum Gasteiger partial charge on any atom is 0.254 e. The third kappa shape index (κ3) is 5.06. The zero-order valence-electron chi connectivity index (χ0n) is 13.3. The van der Waals surface area contributed by atoms with Crippen molar-refractivity contribution in [2.45, 2.75) is 32.2 Å². The normalized spacial score (nSPS) is 11.0. The van der Waals surface area contributed by atoms with Gasteiger partial charge in [0.1, 0.15) is 0 Å². The average molecular weight is 402 g/mol. The fourth-order valence-corrected chi connectivity index (χ4v) is 2.30. The molecule has 2 rings (SSSR count). The Hall–Kier alpha value is -1.37. The summed E-state index contributed by atoms with van der Waals surface area (Å²) in [7, 11) is 0. The summed E-state index contributed by atoms with van der Waals surface area (Å²) in [5, 5.41) is 7.12. The van der Waals surface area contributed by atoms with Crippen LogP contribution < -0.4 is 11.1 Å². The fourth-order valence-electron chi connectivity index (χ4n) is 2.03. The van der Waals surface area contributed by atoms with Crippen LogP contribution in [0.2, 0.25) is 0 Å². The highest BCUT2D eigenvalue weighted by Crippen LogP contribution is 2.14. The molecule has 1 amide bonds. The number of rotatable bonds is 6. The molecule has 23 heavy (non-hydrogen) atoms. The van der Waals surface area contributed by atoms with Crippen molar-refractivity contribution in [2.75, 3.05) is 6.54 Å². The third-order valence-corrected chi connectivity index (χ3v) is 4.47. The molecule has 0 saturated heterocycles. The van der Waals surface area contributed by atoms with Crippen molar-refractivity contribution in [3.8, 4) is 5.69 Å². The highest BCUT2D eigenvalue weighted by atomic mass is 79.9. The van der Waals surface area contributed by atoms with E-state index in [0.29, 0.717) is 12.1 Å². The second kappa shape index (κ2) is 8.47. The van der Waals surface area contributed by atoms with Crippen molar-refractivity contribution in [2.24, 2.45) is 5.73 Å². The van der Waals surface area contributed by atoms with Gasteiger partial charge in [-0.05, 0) is 37.1 Å². The van der Waals surface area contributed by atoms with Gasteiger partial charge in [0.15, 0.2) is 0 Å². The van der Waals surface area contributed by atoms with Gasteiger partial charge in [-0.25, -0.2) is 4.68 Å². The summed E-state index contributed by atoms with van der Waals surface area (Å²) in [5.41, 5.74) is 7.27. The quantitative estimate of drug-likeness (QED) is 0.780. The molecule has 5 nitrogen and oxygen atoms in total. The highest BCUT2D eigenvalue weighted by molar-refractivity contribution is 9.10. The van der Waals surface area contributed by atoms with E-state index >= 15 is 0 Å². The van der Waals surface area contributed by atoms with Crippen LogP contribution in [0, 0.1) is 0 Å². The summed E-state index contributed by atoms with van der Waals surface area (Å²) >= 11 is 3.39. The third-order valence-electron chi connectivity index (χ3n) is 3.95. The lowest BCUT2D eigenvalue weighted by Gasteiger charge is -2.26. The van der Waals surface area contributed by atoms with Crippen molar-refractivity contribution in [3.63, 3.8) is 0 Å². The van der Waals surface area contributed by atoms with E-state index in [-0.39, 0.29) is 23.9 Å². The molecule has 0 atom stereocenters. The van der Waals surface area contributed by atoms with E-state index in [1.165, 1.54) is 0 Å². The van der Waals surface area contributed by atoms with Gasteiger partial charge in [0.2, 0.25) is 0 Å². The molecule has 0 bridgehead atoms. The van der Waals surface area contributed by atoms with Crippen LogP contribution in [-0.4, -0.2) is 27.8 Å². The smallest absolute Gasteiger partial charge is 0.254 e. The Kier molecular flexibility index (Phi) is 7.25. The second-order valence-corrected chi connectivity index (χ2v) is 6.32. The van der Waals surface area contributed by atoms with Crippen LogP contribution in [-0.2, 0) is 0 Å². The molecule has 7 heteroatoms. The molecule has 2 aromatic rings. The van der Waals surface area contributed by atoms with E-state index in [4.69, 9.17) is 5.73 Å². The van der Waals surface area contributed by atoms with Gasteiger partial charge in [0.25, 0.3) is 5.91 Å². The van der Waals surface area contributed by atoms with Gasteiger partial charge < -0.3 is 11.1 Å². The molecule has 0 unspecified atom stereocenters. The van der Waals surface area contributed by atoms with Gasteiger partial charge in [-0.3, -0.25) is 4.79 Å². The van der Waals surface area contributed by atoms with Gasteiger partial charge in [-0.15, -0.1) is 12.4 Å². The minimum Gasteiger partial charge on any atom is -0.350 e. The van der Waals surface area contributed by atoms with Crippen LogP contribution in [0.15, 0.2) is 41.1 Å². The van der Waals surface area contributed by atoms with Crippen molar-refractivity contribution >= 4 is 34.2 Å². The number of hydrogen-bond acceptors (Lipinski definition) is 3. The molecule has 0 fully saturated rings. The summed E-state index contributed by atoms with van der Waals surface area (Å²) in [6.07, 6.45) is 4.92. The first kappa shape index (κ1) is 19.7. The van der Waals surface area contributed by atoms with Crippen molar-refractivity contribution < 1.29 is 4.79 Å². The topological polar surface area (TPSA) is 72.9 Å². The predicted octanol–water partition coefficient (Wildman–Crippen LogP) is 3.30. The zero-order chi connectivity index (χ0) is 16.2. The van der Waals surface area contributed by atoms with E-state index in [9.17, 15) is 4.79 Å². The Morgan fingerprint density at radius 1 is 1.30 bits per heavy atom. The van der Waals surface area contributed by atoms with E-state index in [1.807, 2.05) is 38.1 Å². The van der Waals surface area contributed by atoms with Crippen molar-refractivity contribution in [1.29, 1.82) is 0 Å². The van der Waals surface area contributed by atoms with Crippen LogP contribution in [0.4, 0.5) is 0 Å². The molecule has 3 N–H and O–H groups in total. The molecular formula is C16H22BrClN4O. The maximum atomic E-state index is 12.2. The number of aromatic nitrogens is 2. The van der Waals surface area contributed by atoms with Crippen molar-refractivity contribution in [3.05, 3.63) is 46.7 Å². The first-order valence-electron chi connectivity index (χ1n) is 7.35. The lowest BCUT2D eigenvalue weighted by molar-refractivity contribution is 0.0942. The number of nitrogens with one attached hydrogen (secondary N) is 1. The molecule has 0 spiro atoms. The molecule has 0 aliphatic carbocycles. The lowest BCUT2D eigenvalue weighted by Crippen LogP contribution is -2.49. The Morgan fingerprint density at radius 3 is 2.48 bits per heavy atom. The lowest BCUT2D eigenvalue weighted by atomic mass is 9.94. The van der Waals surface area contributed by atoms with Crippen molar-refractivity contribution in [1.82, 2.24) is 15.1 Å². The molecular weight excluding hydrogens is 380 g/mol. The number of hydrogen-bond donors (Lipinski definition) is 2. The van der Waals surface area contributed by atoms with Crippen LogP contribution in [0.25, 0.3) is 5.69 Å². The predicted molar refractivity (Wildman–Crippen MR) is 98.3 cm³/mol. The van der Waals surface area contributed by atoms with Gasteiger partial charge in [-0.2, -0.15) is 5.10 Å². The highest BCUT2D eigenvalue weighted by Gasteiger charge is 2.21. The standard InChI is InChI=1S/C16H21BrN4O.ClH/c1-3-16(18,4-2)11-19-15(22)12-9-20-21(10-12)14-7-5-13(17)6-8-14;/h5-10H,3-4,11,18H2,1-2H3,(H,19,22);1H. The molecule has 0 aliphatic rings. The largest absolute Gasteiger partial charge is 0.350 e. The Labute approximate surface area is 151 Å². The Bertz CT molecular complexity index is 638. The van der Waals surface area contributed by atoms with Gasteiger partial charge in [0, 0.05) is 22.8 Å². The molecule has 0 saturated carbocycles. The minimum atomic E-state index is -0.350. The number of halogens is 2. The van der Waals surface area contributed by atoms with Crippen LogP contribution in [0.1, 0.15) is 37.0 Å². The Balaban J connectivity index is 0.00000264. The number of benzene rings is 1. The molecule has 1 aromatic carbocycles. The maximum absolute atomic E-state index is 12.2. The van der Waals surface area contributed by atoms with E-state index in [2.05, 4.69) is 26.3 Å². The number of carbonyl (C=O) groups excluding carboxylic acids is 1. The van der Waals surface area contributed by atoms with Gasteiger partial charge in [0.05, 0.1) is 17.4 Å². The summed E-state index contributed by atoms with van der Waals surface area (Å²) in [5.74, 6) is -0.153. The molecule has 1 heterocycles. The fraction of sp³-hybridized carbons (Fsp3) is 0.375. The van der Waals surface area contributed by atoms with E-state index in [0.717, 1.165) is 23.0 Å². The van der Waals surface area contributed by atoms with E-state index < -0.39 is 0 Å². The number of nitrogens with zero attached hydrogens (tertiary/aromatic N) is 2. The van der Waals surface area contributed by atoms with Crippen LogP contribution in [0.5, 0.6) is 0 Å². The monoisotopic (exact) mass is 400 g/mol. The van der Waals surface area contributed by atoms with Gasteiger partial charge >= 0.3 is 0 Å². The SMILES string of the molecule is CCC(N)(CC)CNC(=O)c1cnn(-c2ccc(Br)cc2)c1.Cl. The van der Waals surface area contributed by atoms with E-state index in [1.54, 1.807) is 17.1 Å². The van der Waals surface area contributed by atoms with Crippen LogP contribution >= 0.6 is 28.3 Å². The zero-order valence-corrected chi connectivity index (χ0v) is 15.7. The first-order chi connectivity index (χ1) is 10.5. The summed E-state index contributed by atoms with van der Waals surface area (Å²) in [6, 6.07) is 7.72. The average Bonchev–Trinajstić information content (AvgIpc) is 3.03. The first-order valence-corrected chi connectivity index (χ1v) is 8.14. The van der Waals surface area contributed by atoms with Crippen LogP contribution in [0.3, 0.4) is 0 Å². The summed E-state index contributed by atoms with van der Waals surface area (Å²) < 4.78 is 2.68. The molecule has 0 aliphatic heterocycles. The Morgan fingerprint density at radius 2 is 1.91 bits per heavy atom. The molecule has 0 radical (unpaired) electrons. The number of amides is 1. The van der Waals surface area contributed by atoms with Gasteiger partial charge in [-0.1, -0.05) is 29.8 Å². The minimum absolute atomic E-state index is 0. The summed E-state index contributed by atoms with van der Waals surface area (Å²) in [6.45, 7) is 4.52. The molecule has 1 aromatic heterocycles.